The predicted molar refractivity (Wildman–Crippen MR) is 84.1 cm³/mol. The van der Waals surface area contributed by atoms with E-state index >= 15 is 0 Å². The molecule has 1 N–H and O–H groups in total. The molecular formula is C15H22BrNO3. The number of ether oxygens (including phenoxy) is 2. The number of nitrogens with one attached hydrogen (secondary N) is 1. The summed E-state index contributed by atoms with van der Waals surface area (Å²) >= 11 is 3.41. The van der Waals surface area contributed by atoms with Gasteiger partial charge in [0, 0.05) is 11.9 Å². The fourth-order valence-electron chi connectivity index (χ4n) is 1.86. The van der Waals surface area contributed by atoms with E-state index in [2.05, 4.69) is 21.2 Å². The molecule has 0 aliphatic rings. The van der Waals surface area contributed by atoms with E-state index in [0.717, 1.165) is 18.2 Å². The number of carbonyl (C=O) groups is 1. The summed E-state index contributed by atoms with van der Waals surface area (Å²) in [5.74, 6) is 1.08. The van der Waals surface area contributed by atoms with E-state index in [-0.39, 0.29) is 5.91 Å². The van der Waals surface area contributed by atoms with Gasteiger partial charge in [0.2, 0.25) is 0 Å². The molecule has 0 aliphatic carbocycles. The summed E-state index contributed by atoms with van der Waals surface area (Å²) in [6, 6.07) is 5.21. The largest absolute Gasteiger partial charge is 0.497 e. The molecule has 0 aromatic heterocycles. The van der Waals surface area contributed by atoms with Crippen molar-refractivity contribution in [3.63, 3.8) is 0 Å². The minimum absolute atomic E-state index is 0.124. The Kier molecular flexibility index (Phi) is 8.11. The number of alkyl halides is 1. The second-order valence-electron chi connectivity index (χ2n) is 4.43. The van der Waals surface area contributed by atoms with Gasteiger partial charge in [-0.1, -0.05) is 28.8 Å². The SMILES string of the molecule is COc1ccc(OC)c(C(=O)NCCCCCCBr)c1. The summed E-state index contributed by atoms with van der Waals surface area (Å²) in [5.41, 5.74) is 0.507. The zero-order chi connectivity index (χ0) is 14.8. The Morgan fingerprint density at radius 1 is 1.15 bits per heavy atom. The molecule has 1 aromatic rings. The van der Waals surface area contributed by atoms with Crippen molar-refractivity contribution in [2.75, 3.05) is 26.1 Å². The van der Waals surface area contributed by atoms with E-state index in [0.29, 0.717) is 23.6 Å². The highest BCUT2D eigenvalue weighted by atomic mass is 79.9. The highest BCUT2D eigenvalue weighted by Crippen LogP contribution is 2.23. The Hall–Kier alpha value is -1.23. The standard InChI is InChI=1S/C15H22BrNO3/c1-19-12-7-8-14(20-2)13(11-12)15(18)17-10-6-4-3-5-9-16/h7-8,11H,3-6,9-10H2,1-2H3,(H,17,18). The Bertz CT molecular complexity index is 424. The van der Waals surface area contributed by atoms with Gasteiger partial charge in [-0.3, -0.25) is 4.79 Å². The van der Waals surface area contributed by atoms with Gasteiger partial charge in [0.05, 0.1) is 19.8 Å². The molecule has 112 valence electrons. The maximum absolute atomic E-state index is 12.1. The van der Waals surface area contributed by atoms with Gasteiger partial charge in [-0.05, 0) is 31.0 Å². The van der Waals surface area contributed by atoms with Crippen LogP contribution in [0.4, 0.5) is 0 Å². The van der Waals surface area contributed by atoms with E-state index in [1.54, 1.807) is 32.4 Å². The Morgan fingerprint density at radius 3 is 2.55 bits per heavy atom. The molecule has 5 heteroatoms. The molecule has 1 amide bonds. The van der Waals surface area contributed by atoms with Crippen LogP contribution in [0, 0.1) is 0 Å². The average Bonchev–Trinajstić information content (AvgIpc) is 2.49. The fraction of sp³-hybridized carbons (Fsp3) is 0.533. The molecule has 0 unspecified atom stereocenters. The third-order valence-electron chi connectivity index (χ3n) is 3.00. The second kappa shape index (κ2) is 9.64. The van der Waals surface area contributed by atoms with Crippen molar-refractivity contribution in [2.24, 2.45) is 0 Å². The summed E-state index contributed by atoms with van der Waals surface area (Å²) in [6.07, 6.45) is 4.48. The van der Waals surface area contributed by atoms with Gasteiger partial charge >= 0.3 is 0 Å². The van der Waals surface area contributed by atoms with Crippen molar-refractivity contribution in [1.82, 2.24) is 5.32 Å². The van der Waals surface area contributed by atoms with Crippen LogP contribution in [-0.4, -0.2) is 32.0 Å². The van der Waals surface area contributed by atoms with Crippen LogP contribution in [0.2, 0.25) is 0 Å². The second-order valence-corrected chi connectivity index (χ2v) is 5.22. The lowest BCUT2D eigenvalue weighted by atomic mass is 10.1. The number of hydrogen-bond donors (Lipinski definition) is 1. The van der Waals surface area contributed by atoms with Gasteiger partial charge < -0.3 is 14.8 Å². The van der Waals surface area contributed by atoms with Crippen molar-refractivity contribution in [3.8, 4) is 11.5 Å². The molecule has 0 aliphatic heterocycles. The summed E-state index contributed by atoms with van der Waals surface area (Å²) in [5, 5.41) is 3.96. The summed E-state index contributed by atoms with van der Waals surface area (Å²) in [6.45, 7) is 0.682. The molecule has 0 fully saturated rings. The van der Waals surface area contributed by atoms with Crippen LogP contribution in [0.15, 0.2) is 18.2 Å². The molecule has 1 rings (SSSR count). The van der Waals surface area contributed by atoms with E-state index in [1.165, 1.54) is 12.8 Å². The summed E-state index contributed by atoms with van der Waals surface area (Å²) in [4.78, 5) is 12.1. The van der Waals surface area contributed by atoms with Gasteiger partial charge in [-0.25, -0.2) is 0 Å². The van der Waals surface area contributed by atoms with Crippen molar-refractivity contribution in [1.29, 1.82) is 0 Å². The van der Waals surface area contributed by atoms with Crippen LogP contribution in [-0.2, 0) is 0 Å². The first-order chi connectivity index (χ1) is 9.72. The minimum Gasteiger partial charge on any atom is -0.497 e. The molecule has 4 nitrogen and oxygen atoms in total. The number of hydrogen-bond acceptors (Lipinski definition) is 3. The number of benzene rings is 1. The quantitative estimate of drug-likeness (QED) is 0.552. The molecule has 1 aromatic carbocycles. The molecule has 0 saturated heterocycles. The third-order valence-corrected chi connectivity index (χ3v) is 3.56. The number of carbonyl (C=O) groups excluding carboxylic acids is 1. The summed E-state index contributed by atoms with van der Waals surface area (Å²) in [7, 11) is 3.13. The normalized spacial score (nSPS) is 10.2. The molecular weight excluding hydrogens is 322 g/mol. The molecule has 20 heavy (non-hydrogen) atoms. The monoisotopic (exact) mass is 343 g/mol. The lowest BCUT2D eigenvalue weighted by Crippen LogP contribution is -2.25. The van der Waals surface area contributed by atoms with Crippen LogP contribution < -0.4 is 14.8 Å². The number of halogens is 1. The Balaban J connectivity index is 2.49. The molecule has 0 heterocycles. The number of rotatable bonds is 9. The van der Waals surface area contributed by atoms with Crippen LogP contribution >= 0.6 is 15.9 Å². The number of methoxy groups -OCH3 is 2. The fourth-order valence-corrected chi connectivity index (χ4v) is 2.26. The van der Waals surface area contributed by atoms with Gasteiger partial charge in [-0.15, -0.1) is 0 Å². The van der Waals surface area contributed by atoms with Crippen LogP contribution in [0.3, 0.4) is 0 Å². The minimum atomic E-state index is -0.124. The smallest absolute Gasteiger partial charge is 0.255 e. The van der Waals surface area contributed by atoms with Crippen LogP contribution in [0.1, 0.15) is 36.0 Å². The maximum Gasteiger partial charge on any atom is 0.255 e. The third kappa shape index (κ3) is 5.41. The van der Waals surface area contributed by atoms with E-state index in [4.69, 9.17) is 9.47 Å². The zero-order valence-electron chi connectivity index (χ0n) is 12.1. The first-order valence-corrected chi connectivity index (χ1v) is 7.91. The maximum atomic E-state index is 12.1. The zero-order valence-corrected chi connectivity index (χ0v) is 13.7. The first kappa shape index (κ1) is 16.8. The van der Waals surface area contributed by atoms with Gasteiger partial charge in [-0.2, -0.15) is 0 Å². The van der Waals surface area contributed by atoms with Crippen molar-refractivity contribution >= 4 is 21.8 Å². The average molecular weight is 344 g/mol. The van der Waals surface area contributed by atoms with Gasteiger partial charge in [0.1, 0.15) is 11.5 Å². The molecule has 0 spiro atoms. The number of unbranched alkanes of at least 4 members (excludes halogenated alkanes) is 3. The molecule has 0 saturated carbocycles. The van der Waals surface area contributed by atoms with E-state index in [1.807, 2.05) is 0 Å². The highest BCUT2D eigenvalue weighted by molar-refractivity contribution is 9.09. The highest BCUT2D eigenvalue weighted by Gasteiger charge is 2.12. The van der Waals surface area contributed by atoms with Crippen molar-refractivity contribution < 1.29 is 14.3 Å². The molecule has 0 radical (unpaired) electrons. The molecule has 0 atom stereocenters. The lowest BCUT2D eigenvalue weighted by Gasteiger charge is -2.10. The molecule has 0 bridgehead atoms. The van der Waals surface area contributed by atoms with Crippen molar-refractivity contribution in [3.05, 3.63) is 23.8 Å². The Labute approximate surface area is 129 Å². The first-order valence-electron chi connectivity index (χ1n) is 6.79. The predicted octanol–water partition coefficient (Wildman–Crippen LogP) is 3.39. The lowest BCUT2D eigenvalue weighted by molar-refractivity contribution is 0.0949. The Morgan fingerprint density at radius 2 is 1.90 bits per heavy atom. The topological polar surface area (TPSA) is 47.6 Å². The van der Waals surface area contributed by atoms with Gasteiger partial charge in [0.15, 0.2) is 0 Å². The van der Waals surface area contributed by atoms with Crippen LogP contribution in [0.25, 0.3) is 0 Å². The van der Waals surface area contributed by atoms with E-state index in [9.17, 15) is 4.79 Å². The van der Waals surface area contributed by atoms with Crippen molar-refractivity contribution in [2.45, 2.75) is 25.7 Å². The summed E-state index contributed by atoms with van der Waals surface area (Å²) < 4.78 is 10.3. The van der Waals surface area contributed by atoms with Crippen LogP contribution in [0.5, 0.6) is 11.5 Å². The van der Waals surface area contributed by atoms with E-state index < -0.39 is 0 Å². The van der Waals surface area contributed by atoms with Gasteiger partial charge in [0.25, 0.3) is 5.91 Å². The number of amides is 1.